The van der Waals surface area contributed by atoms with E-state index in [9.17, 15) is 0 Å². The Labute approximate surface area is 69.9 Å². The Morgan fingerprint density at radius 3 is 2.27 bits per heavy atom. The fourth-order valence-corrected chi connectivity index (χ4v) is 1.14. The lowest BCUT2D eigenvalue weighted by molar-refractivity contribution is 0.263. The van der Waals surface area contributed by atoms with Crippen LogP contribution in [0, 0.1) is 0 Å². The van der Waals surface area contributed by atoms with Crippen molar-refractivity contribution in [1.82, 2.24) is 10.2 Å². The van der Waals surface area contributed by atoms with Crippen molar-refractivity contribution in [2.75, 3.05) is 27.7 Å². The molecule has 11 heavy (non-hydrogen) atoms. The number of rotatable bonds is 5. The van der Waals surface area contributed by atoms with Gasteiger partial charge in [-0.3, -0.25) is 0 Å². The summed E-state index contributed by atoms with van der Waals surface area (Å²) in [5, 5.41) is 3.16. The van der Waals surface area contributed by atoms with Gasteiger partial charge in [-0.05, 0) is 34.5 Å². The molecule has 0 bridgehead atoms. The van der Waals surface area contributed by atoms with Crippen LogP contribution >= 0.6 is 0 Å². The SMILES string of the molecule is CNCC(CC(C)N)N(C)C. The summed E-state index contributed by atoms with van der Waals surface area (Å²) in [5.74, 6) is 0. The van der Waals surface area contributed by atoms with Gasteiger partial charge in [0.2, 0.25) is 0 Å². The Balaban J connectivity index is 3.69. The standard InChI is InChI=1S/C8H21N3/c1-7(9)5-8(6-10-2)11(3)4/h7-8,10H,5-6,9H2,1-4H3. The highest BCUT2D eigenvalue weighted by Crippen LogP contribution is 2.00. The van der Waals surface area contributed by atoms with Crippen LogP contribution in [-0.2, 0) is 0 Å². The molecule has 0 saturated heterocycles. The molecule has 2 unspecified atom stereocenters. The van der Waals surface area contributed by atoms with Crippen LogP contribution in [0.1, 0.15) is 13.3 Å². The molecule has 0 radical (unpaired) electrons. The van der Waals surface area contributed by atoms with Gasteiger partial charge in [-0.15, -0.1) is 0 Å². The van der Waals surface area contributed by atoms with Crippen molar-refractivity contribution in [2.24, 2.45) is 5.73 Å². The number of nitrogens with one attached hydrogen (secondary N) is 1. The van der Waals surface area contributed by atoms with Crippen molar-refractivity contribution >= 4 is 0 Å². The van der Waals surface area contributed by atoms with Crippen molar-refractivity contribution < 1.29 is 0 Å². The molecule has 0 saturated carbocycles. The van der Waals surface area contributed by atoms with E-state index in [1.165, 1.54) is 0 Å². The molecule has 0 aromatic heterocycles. The minimum atomic E-state index is 0.288. The highest BCUT2D eigenvalue weighted by atomic mass is 15.1. The van der Waals surface area contributed by atoms with Gasteiger partial charge in [-0.2, -0.15) is 0 Å². The Morgan fingerprint density at radius 1 is 1.45 bits per heavy atom. The van der Waals surface area contributed by atoms with Crippen LogP contribution in [0.3, 0.4) is 0 Å². The van der Waals surface area contributed by atoms with Crippen molar-refractivity contribution in [3.63, 3.8) is 0 Å². The molecule has 0 amide bonds. The van der Waals surface area contributed by atoms with Gasteiger partial charge in [-0.25, -0.2) is 0 Å². The second kappa shape index (κ2) is 5.52. The van der Waals surface area contributed by atoms with Crippen LogP contribution in [0.2, 0.25) is 0 Å². The molecule has 68 valence electrons. The molecule has 0 aliphatic carbocycles. The molecule has 2 atom stereocenters. The molecule has 0 rings (SSSR count). The van der Waals surface area contributed by atoms with Gasteiger partial charge in [0.25, 0.3) is 0 Å². The van der Waals surface area contributed by atoms with Crippen LogP contribution in [-0.4, -0.2) is 44.7 Å². The zero-order valence-electron chi connectivity index (χ0n) is 8.09. The van der Waals surface area contributed by atoms with Crippen molar-refractivity contribution in [1.29, 1.82) is 0 Å². The number of nitrogens with two attached hydrogens (primary N) is 1. The molecule has 0 aromatic carbocycles. The first-order chi connectivity index (χ1) is 5.07. The van der Waals surface area contributed by atoms with Crippen LogP contribution in [0.4, 0.5) is 0 Å². The summed E-state index contributed by atoms with van der Waals surface area (Å²) in [6.45, 7) is 3.06. The van der Waals surface area contributed by atoms with Gasteiger partial charge in [0, 0.05) is 18.6 Å². The third kappa shape index (κ3) is 5.18. The van der Waals surface area contributed by atoms with Crippen molar-refractivity contribution in [2.45, 2.75) is 25.4 Å². The van der Waals surface area contributed by atoms with Crippen molar-refractivity contribution in [3.8, 4) is 0 Å². The average Bonchev–Trinajstić information content (AvgIpc) is 1.86. The molecule has 0 spiro atoms. The first-order valence-electron chi connectivity index (χ1n) is 4.14. The minimum absolute atomic E-state index is 0.288. The fourth-order valence-electron chi connectivity index (χ4n) is 1.14. The van der Waals surface area contributed by atoms with E-state index in [0.29, 0.717) is 6.04 Å². The Kier molecular flexibility index (Phi) is 5.46. The predicted octanol–water partition coefficient (Wildman–Crippen LogP) is -0.127. The normalized spacial score (nSPS) is 16.9. The molecule has 0 fully saturated rings. The van der Waals surface area contributed by atoms with E-state index in [2.05, 4.69) is 24.3 Å². The lowest BCUT2D eigenvalue weighted by Gasteiger charge is -2.25. The minimum Gasteiger partial charge on any atom is -0.328 e. The maximum Gasteiger partial charge on any atom is 0.0229 e. The topological polar surface area (TPSA) is 41.3 Å². The summed E-state index contributed by atoms with van der Waals surface area (Å²) in [6, 6.07) is 0.843. The van der Waals surface area contributed by atoms with E-state index >= 15 is 0 Å². The van der Waals surface area contributed by atoms with Crippen molar-refractivity contribution in [3.05, 3.63) is 0 Å². The van der Waals surface area contributed by atoms with E-state index in [0.717, 1.165) is 13.0 Å². The molecule has 3 nitrogen and oxygen atoms in total. The average molecular weight is 159 g/mol. The van der Waals surface area contributed by atoms with Crippen LogP contribution in [0.5, 0.6) is 0 Å². The first kappa shape index (κ1) is 10.9. The van der Waals surface area contributed by atoms with Gasteiger partial charge >= 0.3 is 0 Å². The maximum absolute atomic E-state index is 5.71. The van der Waals surface area contributed by atoms with Crippen LogP contribution in [0.15, 0.2) is 0 Å². The van der Waals surface area contributed by atoms with E-state index in [4.69, 9.17) is 5.73 Å². The van der Waals surface area contributed by atoms with Crippen LogP contribution in [0.25, 0.3) is 0 Å². The monoisotopic (exact) mass is 159 g/mol. The summed E-state index contributed by atoms with van der Waals surface area (Å²) in [5.41, 5.74) is 5.71. The molecule has 0 aliphatic heterocycles. The van der Waals surface area contributed by atoms with Gasteiger partial charge < -0.3 is 16.0 Å². The summed E-state index contributed by atoms with van der Waals surface area (Å²) >= 11 is 0. The Morgan fingerprint density at radius 2 is 2.00 bits per heavy atom. The summed E-state index contributed by atoms with van der Waals surface area (Å²) in [4.78, 5) is 2.21. The first-order valence-corrected chi connectivity index (χ1v) is 4.14. The van der Waals surface area contributed by atoms with E-state index in [1.54, 1.807) is 0 Å². The van der Waals surface area contributed by atoms with E-state index in [1.807, 2.05) is 14.0 Å². The largest absolute Gasteiger partial charge is 0.328 e. The summed E-state index contributed by atoms with van der Waals surface area (Å²) < 4.78 is 0. The lowest BCUT2D eigenvalue weighted by Crippen LogP contribution is -2.40. The fraction of sp³-hybridized carbons (Fsp3) is 1.00. The number of nitrogens with zero attached hydrogens (tertiary/aromatic N) is 1. The van der Waals surface area contributed by atoms with Gasteiger partial charge in [0.1, 0.15) is 0 Å². The molecule has 3 N–H and O–H groups in total. The molecular weight excluding hydrogens is 138 g/mol. The summed E-state index contributed by atoms with van der Waals surface area (Å²) in [7, 11) is 6.15. The Bertz CT molecular complexity index is 91.3. The van der Waals surface area contributed by atoms with Gasteiger partial charge in [-0.1, -0.05) is 0 Å². The second-order valence-corrected chi connectivity index (χ2v) is 3.39. The third-order valence-corrected chi connectivity index (χ3v) is 1.81. The number of hydrogen-bond acceptors (Lipinski definition) is 3. The third-order valence-electron chi connectivity index (χ3n) is 1.81. The molecule has 0 aromatic rings. The number of likely N-dealkylation sites (N-methyl/N-ethyl adjacent to an activating group) is 2. The molecule has 0 heterocycles. The smallest absolute Gasteiger partial charge is 0.0229 e. The highest BCUT2D eigenvalue weighted by molar-refractivity contribution is 4.72. The lowest BCUT2D eigenvalue weighted by atomic mass is 10.1. The van der Waals surface area contributed by atoms with E-state index in [-0.39, 0.29) is 6.04 Å². The molecule has 0 aliphatic rings. The Hall–Kier alpha value is -0.120. The molecule has 3 heteroatoms. The van der Waals surface area contributed by atoms with E-state index < -0.39 is 0 Å². The predicted molar refractivity (Wildman–Crippen MR) is 49.7 cm³/mol. The van der Waals surface area contributed by atoms with Gasteiger partial charge in [0.05, 0.1) is 0 Å². The quantitative estimate of drug-likeness (QED) is 0.587. The summed E-state index contributed by atoms with van der Waals surface area (Å²) in [6.07, 6.45) is 1.05. The van der Waals surface area contributed by atoms with Crippen LogP contribution < -0.4 is 11.1 Å². The maximum atomic E-state index is 5.71. The number of hydrogen-bond donors (Lipinski definition) is 2. The zero-order valence-corrected chi connectivity index (χ0v) is 8.09. The van der Waals surface area contributed by atoms with Gasteiger partial charge in [0.15, 0.2) is 0 Å². The highest BCUT2D eigenvalue weighted by Gasteiger charge is 2.11. The molecular formula is C8H21N3. The zero-order chi connectivity index (χ0) is 8.85. The second-order valence-electron chi connectivity index (χ2n) is 3.39.